The number of nitrogens with two attached hydrogens (primary N) is 1. The Hall–Kier alpha value is -2.50. The molecule has 1 amide bonds. The summed E-state index contributed by atoms with van der Waals surface area (Å²) in [7, 11) is 0. The van der Waals surface area contributed by atoms with E-state index in [-0.39, 0.29) is 5.91 Å². The van der Waals surface area contributed by atoms with Gasteiger partial charge in [0.15, 0.2) is 0 Å². The van der Waals surface area contributed by atoms with Crippen molar-refractivity contribution in [2.45, 2.75) is 19.6 Å². The number of benzene rings is 2. The third-order valence-corrected chi connectivity index (χ3v) is 4.54. The minimum atomic E-state index is -0.0707. The molecule has 3 aromatic rings. The van der Waals surface area contributed by atoms with Crippen LogP contribution in [0.3, 0.4) is 0 Å². The van der Waals surface area contributed by atoms with Crippen molar-refractivity contribution >= 4 is 17.2 Å². The Bertz CT molecular complexity index is 745. The molecule has 0 fully saturated rings. The SMILES string of the molecule is NCc1nc(C(=O)N(Cc2ccccc2)Cc2ccccc2)cs1. The van der Waals surface area contributed by atoms with Gasteiger partial charge in [-0.25, -0.2) is 4.98 Å². The summed E-state index contributed by atoms with van der Waals surface area (Å²) in [6.45, 7) is 1.45. The lowest BCUT2D eigenvalue weighted by Crippen LogP contribution is -2.30. The van der Waals surface area contributed by atoms with E-state index >= 15 is 0 Å². The first-order chi connectivity index (χ1) is 11.8. The van der Waals surface area contributed by atoms with Gasteiger partial charge in [-0.2, -0.15) is 0 Å². The predicted octanol–water partition coefficient (Wildman–Crippen LogP) is 3.44. The number of carbonyl (C=O) groups excluding carboxylic acids is 1. The van der Waals surface area contributed by atoms with Crippen LogP contribution in [0.1, 0.15) is 26.6 Å². The van der Waals surface area contributed by atoms with E-state index in [0.29, 0.717) is 25.3 Å². The first kappa shape index (κ1) is 16.4. The molecule has 0 aliphatic carbocycles. The molecule has 1 heterocycles. The highest BCUT2D eigenvalue weighted by Crippen LogP contribution is 2.16. The number of nitrogens with zero attached hydrogens (tertiary/aromatic N) is 2. The summed E-state index contributed by atoms with van der Waals surface area (Å²) in [6.07, 6.45) is 0. The number of aromatic nitrogens is 1. The van der Waals surface area contributed by atoms with E-state index in [2.05, 4.69) is 4.98 Å². The summed E-state index contributed by atoms with van der Waals surface area (Å²) < 4.78 is 0. The van der Waals surface area contributed by atoms with Crippen LogP contribution in [0.5, 0.6) is 0 Å². The Balaban J connectivity index is 1.84. The maximum absolute atomic E-state index is 12.9. The highest BCUT2D eigenvalue weighted by atomic mass is 32.1. The molecule has 0 aliphatic heterocycles. The van der Waals surface area contributed by atoms with E-state index in [1.807, 2.05) is 65.6 Å². The number of hydrogen-bond donors (Lipinski definition) is 1. The van der Waals surface area contributed by atoms with E-state index in [4.69, 9.17) is 5.73 Å². The van der Waals surface area contributed by atoms with E-state index in [0.717, 1.165) is 16.1 Å². The van der Waals surface area contributed by atoms with Crippen molar-refractivity contribution in [2.24, 2.45) is 5.73 Å². The minimum absolute atomic E-state index is 0.0707. The van der Waals surface area contributed by atoms with Crippen LogP contribution in [-0.2, 0) is 19.6 Å². The molecule has 3 rings (SSSR count). The monoisotopic (exact) mass is 337 g/mol. The van der Waals surface area contributed by atoms with Crippen molar-refractivity contribution in [1.82, 2.24) is 9.88 Å². The minimum Gasteiger partial charge on any atom is -0.329 e. The summed E-state index contributed by atoms with van der Waals surface area (Å²) >= 11 is 1.42. The molecule has 0 unspecified atom stereocenters. The van der Waals surface area contributed by atoms with Crippen LogP contribution in [0, 0.1) is 0 Å². The third-order valence-electron chi connectivity index (χ3n) is 3.67. The molecular weight excluding hydrogens is 318 g/mol. The fourth-order valence-electron chi connectivity index (χ4n) is 2.47. The lowest BCUT2D eigenvalue weighted by Gasteiger charge is -2.22. The summed E-state index contributed by atoms with van der Waals surface area (Å²) in [5, 5.41) is 2.56. The zero-order valence-electron chi connectivity index (χ0n) is 13.3. The van der Waals surface area contributed by atoms with Gasteiger partial charge in [0.25, 0.3) is 5.91 Å². The molecule has 0 spiro atoms. The fourth-order valence-corrected chi connectivity index (χ4v) is 3.12. The summed E-state index contributed by atoms with van der Waals surface area (Å²) in [4.78, 5) is 19.1. The average molecular weight is 337 g/mol. The Morgan fingerprint density at radius 2 is 1.50 bits per heavy atom. The summed E-state index contributed by atoms with van der Waals surface area (Å²) in [5.74, 6) is -0.0707. The van der Waals surface area contributed by atoms with Crippen LogP contribution in [0.2, 0.25) is 0 Å². The second kappa shape index (κ2) is 7.86. The molecule has 1 aromatic heterocycles. The maximum Gasteiger partial charge on any atom is 0.273 e. The number of hydrogen-bond acceptors (Lipinski definition) is 4. The lowest BCUT2D eigenvalue weighted by atomic mass is 10.1. The Morgan fingerprint density at radius 3 is 1.96 bits per heavy atom. The quantitative estimate of drug-likeness (QED) is 0.749. The molecule has 2 aromatic carbocycles. The number of rotatable bonds is 6. The van der Waals surface area contributed by atoms with Gasteiger partial charge >= 0.3 is 0 Å². The van der Waals surface area contributed by atoms with Crippen molar-refractivity contribution in [1.29, 1.82) is 0 Å². The van der Waals surface area contributed by atoms with Crippen molar-refractivity contribution in [2.75, 3.05) is 0 Å². The molecule has 0 bridgehead atoms. The van der Waals surface area contributed by atoms with E-state index < -0.39 is 0 Å². The van der Waals surface area contributed by atoms with Gasteiger partial charge in [0.2, 0.25) is 0 Å². The van der Waals surface area contributed by atoms with Crippen LogP contribution in [0.25, 0.3) is 0 Å². The first-order valence-electron chi connectivity index (χ1n) is 7.78. The van der Waals surface area contributed by atoms with Gasteiger partial charge in [0.05, 0.1) is 0 Å². The number of thiazole rings is 1. The molecule has 2 N–H and O–H groups in total. The van der Waals surface area contributed by atoms with Gasteiger partial charge in [0, 0.05) is 25.0 Å². The second-order valence-corrected chi connectivity index (χ2v) is 6.41. The summed E-state index contributed by atoms with van der Waals surface area (Å²) in [5.41, 5.74) is 8.26. The number of amides is 1. The van der Waals surface area contributed by atoms with Crippen molar-refractivity contribution in [3.05, 3.63) is 87.9 Å². The van der Waals surface area contributed by atoms with Gasteiger partial charge in [0.1, 0.15) is 10.7 Å². The molecule has 5 heteroatoms. The van der Waals surface area contributed by atoms with Gasteiger partial charge in [-0.3, -0.25) is 4.79 Å². The van der Waals surface area contributed by atoms with Crippen LogP contribution >= 0.6 is 11.3 Å². The largest absolute Gasteiger partial charge is 0.329 e. The van der Waals surface area contributed by atoms with Gasteiger partial charge in [-0.1, -0.05) is 60.7 Å². The van der Waals surface area contributed by atoms with Crippen LogP contribution in [0.4, 0.5) is 0 Å². The topological polar surface area (TPSA) is 59.2 Å². The molecule has 122 valence electrons. The van der Waals surface area contributed by atoms with E-state index in [9.17, 15) is 4.79 Å². The highest BCUT2D eigenvalue weighted by molar-refractivity contribution is 7.09. The summed E-state index contributed by atoms with van der Waals surface area (Å²) in [6, 6.07) is 20.0. The maximum atomic E-state index is 12.9. The first-order valence-corrected chi connectivity index (χ1v) is 8.66. The van der Waals surface area contributed by atoms with Crippen molar-refractivity contribution in [3.63, 3.8) is 0 Å². The molecule has 4 nitrogen and oxygen atoms in total. The zero-order valence-corrected chi connectivity index (χ0v) is 14.1. The van der Waals surface area contributed by atoms with Gasteiger partial charge < -0.3 is 10.6 Å². The van der Waals surface area contributed by atoms with E-state index in [1.165, 1.54) is 11.3 Å². The smallest absolute Gasteiger partial charge is 0.273 e. The van der Waals surface area contributed by atoms with Crippen molar-refractivity contribution < 1.29 is 4.79 Å². The second-order valence-electron chi connectivity index (χ2n) is 5.46. The standard InChI is InChI=1S/C19H19N3OS/c20-11-18-21-17(14-24-18)19(23)22(12-15-7-3-1-4-8-15)13-16-9-5-2-6-10-16/h1-10,14H,11-13,20H2. The molecule has 24 heavy (non-hydrogen) atoms. The zero-order chi connectivity index (χ0) is 16.8. The van der Waals surface area contributed by atoms with Crippen LogP contribution in [-0.4, -0.2) is 15.8 Å². The normalized spacial score (nSPS) is 10.5. The molecule has 0 saturated heterocycles. The molecule has 0 radical (unpaired) electrons. The molecule has 0 atom stereocenters. The number of carbonyl (C=O) groups is 1. The highest BCUT2D eigenvalue weighted by Gasteiger charge is 2.19. The van der Waals surface area contributed by atoms with Crippen LogP contribution in [0.15, 0.2) is 66.0 Å². The fraction of sp³-hybridized carbons (Fsp3) is 0.158. The van der Waals surface area contributed by atoms with Crippen LogP contribution < -0.4 is 5.73 Å². The Labute approximate surface area is 145 Å². The molecule has 0 saturated carbocycles. The van der Waals surface area contributed by atoms with Crippen molar-refractivity contribution in [3.8, 4) is 0 Å². The van der Waals surface area contributed by atoms with Gasteiger partial charge in [-0.15, -0.1) is 11.3 Å². The van der Waals surface area contributed by atoms with E-state index in [1.54, 1.807) is 5.38 Å². The predicted molar refractivity (Wildman–Crippen MR) is 96.5 cm³/mol. The Kier molecular flexibility index (Phi) is 5.36. The lowest BCUT2D eigenvalue weighted by molar-refractivity contribution is 0.0724. The Morgan fingerprint density at radius 1 is 0.958 bits per heavy atom. The molecule has 0 aliphatic rings. The third kappa shape index (κ3) is 4.07. The average Bonchev–Trinajstić information content (AvgIpc) is 3.11. The molecular formula is C19H19N3OS. The van der Waals surface area contributed by atoms with Gasteiger partial charge in [-0.05, 0) is 11.1 Å².